The van der Waals surface area contributed by atoms with Crippen LogP contribution in [0.5, 0.6) is 0 Å². The smallest absolute Gasteiger partial charge is 0.248 e. The maximum Gasteiger partial charge on any atom is 0.248 e. The van der Waals surface area contributed by atoms with E-state index in [1.807, 2.05) is 19.9 Å². The van der Waals surface area contributed by atoms with Crippen LogP contribution in [0.4, 0.5) is 0 Å². The summed E-state index contributed by atoms with van der Waals surface area (Å²) in [6.07, 6.45) is 4.57. The van der Waals surface area contributed by atoms with Crippen molar-refractivity contribution in [1.29, 1.82) is 0 Å². The van der Waals surface area contributed by atoms with Gasteiger partial charge in [-0.15, -0.1) is 0 Å². The van der Waals surface area contributed by atoms with Crippen molar-refractivity contribution in [2.75, 3.05) is 6.54 Å². The van der Waals surface area contributed by atoms with Crippen molar-refractivity contribution in [2.24, 2.45) is 0 Å². The summed E-state index contributed by atoms with van der Waals surface area (Å²) >= 11 is 0. The summed E-state index contributed by atoms with van der Waals surface area (Å²) in [7, 11) is 0. The minimum atomic E-state index is -0.625. The van der Waals surface area contributed by atoms with Crippen LogP contribution in [-0.4, -0.2) is 22.2 Å². The fraction of sp³-hybridized carbons (Fsp3) is 0.667. The number of rotatable bonds is 5. The van der Waals surface area contributed by atoms with Crippen molar-refractivity contribution >= 4 is 0 Å². The first-order valence-electron chi connectivity index (χ1n) is 7.26. The Balaban J connectivity index is 2.10. The lowest BCUT2D eigenvalue weighted by Gasteiger charge is -2.31. The summed E-state index contributed by atoms with van der Waals surface area (Å²) in [6, 6.07) is 3.75. The van der Waals surface area contributed by atoms with Crippen molar-refractivity contribution < 1.29 is 5.11 Å². The molecule has 1 heterocycles. The molecule has 0 saturated heterocycles. The highest BCUT2D eigenvalue weighted by atomic mass is 16.3. The number of aromatic amines is 1. The summed E-state index contributed by atoms with van der Waals surface area (Å²) in [5, 5.41) is 13.8. The van der Waals surface area contributed by atoms with Crippen molar-refractivity contribution in [1.82, 2.24) is 10.3 Å². The molecular formula is C15H24N2O2. The topological polar surface area (TPSA) is 65.1 Å². The molecule has 0 radical (unpaired) electrons. The highest BCUT2D eigenvalue weighted by molar-refractivity contribution is 5.26. The molecule has 0 aliphatic heterocycles. The molecule has 2 rings (SSSR count). The average molecular weight is 264 g/mol. The minimum Gasteiger partial charge on any atom is -0.389 e. The van der Waals surface area contributed by atoms with Gasteiger partial charge in [0.25, 0.3) is 0 Å². The number of aromatic nitrogens is 1. The molecule has 1 aliphatic carbocycles. The van der Waals surface area contributed by atoms with Gasteiger partial charge in [-0.2, -0.15) is 0 Å². The molecule has 1 aliphatic rings. The van der Waals surface area contributed by atoms with Gasteiger partial charge >= 0.3 is 0 Å². The zero-order chi connectivity index (χ0) is 13.9. The molecule has 0 bridgehead atoms. The van der Waals surface area contributed by atoms with Crippen molar-refractivity contribution in [3.63, 3.8) is 0 Å². The number of aliphatic hydroxyl groups is 1. The molecule has 106 valence electrons. The molecular weight excluding hydrogens is 240 g/mol. The summed E-state index contributed by atoms with van der Waals surface area (Å²) in [4.78, 5) is 14.3. The summed E-state index contributed by atoms with van der Waals surface area (Å²) in [6.45, 7) is 4.62. The van der Waals surface area contributed by atoms with Gasteiger partial charge < -0.3 is 15.4 Å². The standard InChI is InChI=1S/C15H24N2O2/c1-3-15(19,4-2)10-16-12-6-5-7-13-11(12)8-9-14(18)17-13/h8-9,12,16,19H,3-7,10H2,1-2H3,(H,17,18). The molecule has 3 N–H and O–H groups in total. The Hall–Kier alpha value is -1.13. The molecule has 19 heavy (non-hydrogen) atoms. The zero-order valence-corrected chi connectivity index (χ0v) is 11.8. The lowest BCUT2D eigenvalue weighted by molar-refractivity contribution is 0.0292. The van der Waals surface area contributed by atoms with Gasteiger partial charge in [0.05, 0.1) is 5.60 Å². The number of nitrogens with one attached hydrogen (secondary N) is 2. The molecule has 0 spiro atoms. The van der Waals surface area contributed by atoms with E-state index in [0.717, 1.165) is 37.8 Å². The first-order valence-corrected chi connectivity index (χ1v) is 7.26. The molecule has 1 atom stereocenters. The SMILES string of the molecule is CCC(O)(CC)CNC1CCCc2[nH]c(=O)ccc21. The van der Waals surface area contributed by atoms with E-state index in [4.69, 9.17) is 0 Å². The van der Waals surface area contributed by atoms with Crippen LogP contribution in [0.2, 0.25) is 0 Å². The van der Waals surface area contributed by atoms with Crippen molar-refractivity contribution in [3.8, 4) is 0 Å². The van der Waals surface area contributed by atoms with Crippen LogP contribution in [0.25, 0.3) is 0 Å². The summed E-state index contributed by atoms with van der Waals surface area (Å²) in [5.74, 6) is 0. The molecule has 1 unspecified atom stereocenters. The van der Waals surface area contributed by atoms with E-state index in [1.54, 1.807) is 6.07 Å². The second-order valence-corrected chi connectivity index (χ2v) is 5.51. The van der Waals surface area contributed by atoms with Crippen molar-refractivity contribution in [2.45, 2.75) is 57.6 Å². The number of aryl methyl sites for hydroxylation is 1. The molecule has 1 aromatic heterocycles. The first-order chi connectivity index (χ1) is 9.08. The van der Waals surface area contributed by atoms with E-state index in [0.29, 0.717) is 6.54 Å². The summed E-state index contributed by atoms with van der Waals surface area (Å²) in [5.41, 5.74) is 1.57. The fourth-order valence-corrected chi connectivity index (χ4v) is 2.73. The van der Waals surface area contributed by atoms with Crippen LogP contribution in [-0.2, 0) is 6.42 Å². The predicted octanol–water partition coefficient (Wildman–Crippen LogP) is 1.89. The number of hydrogen-bond acceptors (Lipinski definition) is 3. The Morgan fingerprint density at radius 1 is 1.42 bits per heavy atom. The Morgan fingerprint density at radius 2 is 2.16 bits per heavy atom. The van der Waals surface area contributed by atoms with E-state index in [9.17, 15) is 9.90 Å². The second kappa shape index (κ2) is 5.88. The minimum absolute atomic E-state index is 0.0296. The highest BCUT2D eigenvalue weighted by Crippen LogP contribution is 2.28. The third-order valence-electron chi connectivity index (χ3n) is 4.33. The number of hydrogen-bond donors (Lipinski definition) is 3. The predicted molar refractivity (Wildman–Crippen MR) is 76.3 cm³/mol. The van der Waals surface area contributed by atoms with Gasteiger partial charge in [-0.25, -0.2) is 0 Å². The van der Waals surface area contributed by atoms with Crippen LogP contribution in [0.1, 0.15) is 56.8 Å². The third kappa shape index (κ3) is 3.25. The highest BCUT2D eigenvalue weighted by Gasteiger charge is 2.26. The van der Waals surface area contributed by atoms with Crippen LogP contribution in [0.3, 0.4) is 0 Å². The lowest BCUT2D eigenvalue weighted by atomic mass is 9.90. The normalized spacial score (nSPS) is 19.2. The van der Waals surface area contributed by atoms with Crippen molar-refractivity contribution in [3.05, 3.63) is 33.7 Å². The third-order valence-corrected chi connectivity index (χ3v) is 4.33. The maximum absolute atomic E-state index is 11.3. The Kier molecular flexibility index (Phi) is 4.42. The molecule has 4 heteroatoms. The quantitative estimate of drug-likeness (QED) is 0.761. The zero-order valence-electron chi connectivity index (χ0n) is 11.8. The van der Waals surface area contributed by atoms with Gasteiger partial charge in [0.2, 0.25) is 5.56 Å². The average Bonchev–Trinajstić information content (AvgIpc) is 2.44. The Labute approximate surface area is 114 Å². The Morgan fingerprint density at radius 3 is 2.84 bits per heavy atom. The van der Waals surface area contributed by atoms with Gasteiger partial charge in [0.15, 0.2) is 0 Å². The molecule has 0 saturated carbocycles. The summed E-state index contributed by atoms with van der Waals surface area (Å²) < 4.78 is 0. The van der Waals surface area contributed by atoms with E-state index in [-0.39, 0.29) is 11.6 Å². The van der Waals surface area contributed by atoms with Gasteiger partial charge in [-0.1, -0.05) is 19.9 Å². The number of fused-ring (bicyclic) bond motifs is 1. The van der Waals surface area contributed by atoms with Crippen LogP contribution >= 0.6 is 0 Å². The molecule has 0 amide bonds. The van der Waals surface area contributed by atoms with E-state index >= 15 is 0 Å². The second-order valence-electron chi connectivity index (χ2n) is 5.51. The Bertz CT molecular complexity index is 477. The van der Waals surface area contributed by atoms with Gasteiger partial charge in [0.1, 0.15) is 0 Å². The van der Waals surface area contributed by atoms with Crippen LogP contribution in [0.15, 0.2) is 16.9 Å². The van der Waals surface area contributed by atoms with Crippen LogP contribution < -0.4 is 10.9 Å². The largest absolute Gasteiger partial charge is 0.389 e. The number of pyridine rings is 1. The molecule has 1 aromatic rings. The van der Waals surface area contributed by atoms with E-state index in [1.165, 1.54) is 5.56 Å². The number of H-pyrrole nitrogens is 1. The lowest BCUT2D eigenvalue weighted by Crippen LogP contribution is -2.41. The first kappa shape index (κ1) is 14.3. The van der Waals surface area contributed by atoms with Gasteiger partial charge in [0, 0.05) is 24.3 Å². The fourth-order valence-electron chi connectivity index (χ4n) is 2.73. The monoisotopic (exact) mass is 264 g/mol. The molecule has 0 aromatic carbocycles. The van der Waals surface area contributed by atoms with E-state index in [2.05, 4.69) is 10.3 Å². The van der Waals surface area contributed by atoms with Crippen LogP contribution in [0, 0.1) is 0 Å². The van der Waals surface area contributed by atoms with Gasteiger partial charge in [-0.3, -0.25) is 4.79 Å². The maximum atomic E-state index is 11.3. The molecule has 0 fully saturated rings. The van der Waals surface area contributed by atoms with E-state index < -0.39 is 5.60 Å². The van der Waals surface area contributed by atoms with Gasteiger partial charge in [-0.05, 0) is 37.7 Å². The molecule has 4 nitrogen and oxygen atoms in total.